The number of imidazole rings is 1. The van der Waals surface area contributed by atoms with E-state index in [4.69, 9.17) is 9.40 Å². The molecule has 0 amide bonds. The zero-order valence-corrected chi connectivity index (χ0v) is 18.0. The van der Waals surface area contributed by atoms with Crippen LogP contribution in [-0.4, -0.2) is 25.5 Å². The van der Waals surface area contributed by atoms with Crippen LogP contribution in [-0.2, 0) is 6.54 Å². The predicted octanol–water partition coefficient (Wildman–Crippen LogP) is 6.18. The lowest BCUT2D eigenvalue weighted by atomic mass is 10.2. The van der Waals surface area contributed by atoms with Gasteiger partial charge in [-0.3, -0.25) is 0 Å². The number of fused-ring (bicyclic) bond motifs is 1. The van der Waals surface area contributed by atoms with E-state index in [2.05, 4.69) is 43.7 Å². The van der Waals surface area contributed by atoms with Gasteiger partial charge in [0, 0.05) is 10.2 Å². The van der Waals surface area contributed by atoms with E-state index < -0.39 is 0 Å². The number of rotatable bonds is 8. The second kappa shape index (κ2) is 8.92. The molecule has 0 unspecified atom stereocenters. The summed E-state index contributed by atoms with van der Waals surface area (Å²) >= 11 is 5.33. The van der Waals surface area contributed by atoms with Crippen LogP contribution in [0.5, 0.6) is 0 Å². The van der Waals surface area contributed by atoms with Crippen LogP contribution in [0.25, 0.3) is 22.5 Å². The molecule has 2 aromatic carbocycles. The number of benzene rings is 2. The Morgan fingerprint density at radius 3 is 2.71 bits per heavy atom. The van der Waals surface area contributed by atoms with Crippen molar-refractivity contribution in [3.05, 3.63) is 58.9 Å². The topological polar surface area (TPSA) is 56.7 Å². The Morgan fingerprint density at radius 1 is 1.04 bits per heavy atom. The lowest BCUT2D eigenvalue weighted by Gasteiger charge is -2.06. The predicted molar refractivity (Wildman–Crippen MR) is 117 cm³/mol. The lowest BCUT2D eigenvalue weighted by Crippen LogP contribution is -2.02. The van der Waals surface area contributed by atoms with Crippen LogP contribution < -0.4 is 0 Å². The van der Waals surface area contributed by atoms with Crippen molar-refractivity contribution in [3.8, 4) is 11.5 Å². The van der Waals surface area contributed by atoms with Crippen LogP contribution in [0.3, 0.4) is 0 Å². The minimum absolute atomic E-state index is 0.508. The van der Waals surface area contributed by atoms with E-state index in [1.165, 1.54) is 19.3 Å². The molecule has 0 spiro atoms. The number of halogens is 1. The normalized spacial score (nSPS) is 11.4. The largest absolute Gasteiger partial charge is 0.419 e. The van der Waals surface area contributed by atoms with Gasteiger partial charge in [-0.1, -0.05) is 55.8 Å². The maximum atomic E-state index is 5.96. The molecule has 2 aromatic heterocycles. The molecule has 0 radical (unpaired) electrons. The van der Waals surface area contributed by atoms with Gasteiger partial charge in [-0.25, -0.2) is 4.98 Å². The van der Waals surface area contributed by atoms with Crippen molar-refractivity contribution < 1.29 is 4.42 Å². The molecule has 2 heterocycles. The van der Waals surface area contributed by atoms with Gasteiger partial charge in [0.25, 0.3) is 0 Å². The molecule has 0 aliphatic heterocycles. The van der Waals surface area contributed by atoms with Gasteiger partial charge in [0.05, 0.1) is 16.6 Å². The van der Waals surface area contributed by atoms with E-state index >= 15 is 0 Å². The zero-order valence-electron chi connectivity index (χ0n) is 15.6. The van der Waals surface area contributed by atoms with Gasteiger partial charge in [0.1, 0.15) is 6.54 Å². The third-order valence-electron chi connectivity index (χ3n) is 4.46. The summed E-state index contributed by atoms with van der Waals surface area (Å²) in [6.45, 7) is 2.73. The first-order valence-corrected chi connectivity index (χ1v) is 11.2. The molecule has 0 fully saturated rings. The summed E-state index contributed by atoms with van der Waals surface area (Å²) in [7, 11) is 0. The summed E-state index contributed by atoms with van der Waals surface area (Å²) in [5.41, 5.74) is 2.97. The Labute approximate surface area is 176 Å². The third-order valence-corrected chi connectivity index (χ3v) is 6.22. The quantitative estimate of drug-likeness (QED) is 0.234. The minimum Gasteiger partial charge on any atom is -0.419 e. The van der Waals surface area contributed by atoms with Crippen molar-refractivity contribution in [2.75, 3.05) is 5.75 Å². The van der Waals surface area contributed by atoms with Gasteiger partial charge < -0.3 is 8.98 Å². The average Bonchev–Trinajstić information content (AvgIpc) is 3.31. The van der Waals surface area contributed by atoms with Gasteiger partial charge in [-0.15, -0.1) is 10.2 Å². The second-order valence-corrected chi connectivity index (χ2v) is 8.42. The summed E-state index contributed by atoms with van der Waals surface area (Å²) in [5.74, 6) is 2.15. The maximum absolute atomic E-state index is 5.96. The van der Waals surface area contributed by atoms with Crippen LogP contribution in [0.2, 0.25) is 0 Å². The van der Waals surface area contributed by atoms with Crippen LogP contribution in [0.1, 0.15) is 32.1 Å². The van der Waals surface area contributed by atoms with E-state index in [1.807, 2.05) is 42.5 Å². The standard InChI is InChI=1S/C21H21BrN4OS/c1-2-3-8-13-28-21-23-17-11-6-7-12-18(17)26(21)14-19-24-25-20(27-19)15-9-4-5-10-16(15)22/h4-7,9-12H,2-3,8,13-14H2,1H3. The van der Waals surface area contributed by atoms with Crippen molar-refractivity contribution in [3.63, 3.8) is 0 Å². The lowest BCUT2D eigenvalue weighted by molar-refractivity contribution is 0.482. The molecule has 7 heteroatoms. The minimum atomic E-state index is 0.508. The molecule has 144 valence electrons. The fourth-order valence-corrected chi connectivity index (χ4v) is 4.50. The number of unbranched alkanes of at least 4 members (excludes halogenated alkanes) is 2. The Kier molecular flexibility index (Phi) is 6.12. The molecule has 5 nitrogen and oxygen atoms in total. The van der Waals surface area contributed by atoms with Crippen LogP contribution >= 0.6 is 27.7 Å². The molecule has 0 atom stereocenters. The highest BCUT2D eigenvalue weighted by atomic mass is 79.9. The van der Waals surface area contributed by atoms with Crippen molar-refractivity contribution in [2.24, 2.45) is 0 Å². The van der Waals surface area contributed by atoms with Gasteiger partial charge >= 0.3 is 0 Å². The van der Waals surface area contributed by atoms with E-state index in [0.29, 0.717) is 18.3 Å². The molecule has 4 aromatic rings. The Bertz CT molecular complexity index is 1080. The van der Waals surface area contributed by atoms with E-state index in [0.717, 1.165) is 32.0 Å². The number of aromatic nitrogens is 4. The van der Waals surface area contributed by atoms with Gasteiger partial charge in [-0.2, -0.15) is 0 Å². The van der Waals surface area contributed by atoms with E-state index in [9.17, 15) is 0 Å². The van der Waals surface area contributed by atoms with Crippen molar-refractivity contribution in [1.29, 1.82) is 0 Å². The van der Waals surface area contributed by atoms with Gasteiger partial charge in [-0.05, 0) is 46.6 Å². The fraction of sp³-hybridized carbons (Fsp3) is 0.286. The first-order valence-electron chi connectivity index (χ1n) is 9.41. The highest BCUT2D eigenvalue weighted by Crippen LogP contribution is 2.29. The highest BCUT2D eigenvalue weighted by Gasteiger charge is 2.16. The number of nitrogens with zero attached hydrogens (tertiary/aromatic N) is 4. The zero-order chi connectivity index (χ0) is 19.3. The Morgan fingerprint density at radius 2 is 1.86 bits per heavy atom. The summed E-state index contributed by atoms with van der Waals surface area (Å²) in [6, 6.07) is 16.0. The molecular formula is C21H21BrN4OS. The smallest absolute Gasteiger partial charge is 0.248 e. The second-order valence-electron chi connectivity index (χ2n) is 6.51. The van der Waals surface area contributed by atoms with Gasteiger partial charge in [0.15, 0.2) is 5.16 Å². The van der Waals surface area contributed by atoms with E-state index in [-0.39, 0.29) is 0 Å². The Balaban J connectivity index is 1.61. The summed E-state index contributed by atoms with van der Waals surface area (Å²) < 4.78 is 9.07. The molecule has 0 saturated heterocycles. The molecule has 0 aliphatic rings. The number of hydrogen-bond donors (Lipinski definition) is 0. The molecule has 28 heavy (non-hydrogen) atoms. The highest BCUT2D eigenvalue weighted by molar-refractivity contribution is 9.10. The van der Waals surface area contributed by atoms with Crippen LogP contribution in [0, 0.1) is 0 Å². The molecule has 0 bridgehead atoms. The molecule has 0 aliphatic carbocycles. The summed E-state index contributed by atoms with van der Waals surface area (Å²) in [4.78, 5) is 4.81. The Hall–Kier alpha value is -2.12. The number of para-hydroxylation sites is 2. The maximum Gasteiger partial charge on any atom is 0.248 e. The number of thioether (sulfide) groups is 1. The third kappa shape index (κ3) is 4.15. The van der Waals surface area contributed by atoms with Crippen molar-refractivity contribution in [1.82, 2.24) is 19.7 Å². The summed E-state index contributed by atoms with van der Waals surface area (Å²) in [5, 5.41) is 9.51. The van der Waals surface area contributed by atoms with Crippen molar-refractivity contribution >= 4 is 38.7 Å². The molecule has 0 N–H and O–H groups in total. The molecule has 0 saturated carbocycles. The molecular weight excluding hydrogens is 436 g/mol. The fourth-order valence-electron chi connectivity index (χ4n) is 3.03. The molecule has 4 rings (SSSR count). The first kappa shape index (κ1) is 19.2. The number of hydrogen-bond acceptors (Lipinski definition) is 5. The van der Waals surface area contributed by atoms with Gasteiger partial charge in [0.2, 0.25) is 11.8 Å². The SMILES string of the molecule is CCCCCSc1nc2ccccc2n1Cc1nnc(-c2ccccc2Br)o1. The van der Waals surface area contributed by atoms with Crippen LogP contribution in [0.4, 0.5) is 0 Å². The van der Waals surface area contributed by atoms with E-state index in [1.54, 1.807) is 11.8 Å². The average molecular weight is 457 g/mol. The van der Waals surface area contributed by atoms with Crippen molar-refractivity contribution in [2.45, 2.75) is 37.9 Å². The van der Waals surface area contributed by atoms with Crippen LogP contribution in [0.15, 0.2) is 62.6 Å². The monoisotopic (exact) mass is 456 g/mol. The summed E-state index contributed by atoms with van der Waals surface area (Å²) in [6.07, 6.45) is 3.65. The first-order chi connectivity index (χ1) is 13.8.